The van der Waals surface area contributed by atoms with Crippen LogP contribution >= 0.6 is 0 Å². The van der Waals surface area contributed by atoms with Crippen molar-refractivity contribution < 1.29 is 19.7 Å². The molecule has 2 aromatic rings. The van der Waals surface area contributed by atoms with Gasteiger partial charge in [-0.1, -0.05) is 115 Å². The summed E-state index contributed by atoms with van der Waals surface area (Å²) in [5, 5.41) is 19.6. The molecule has 0 fully saturated rings. The molecule has 192 valence electrons. The lowest BCUT2D eigenvalue weighted by atomic mass is 10.0. The fourth-order valence-electron chi connectivity index (χ4n) is 4.21. The number of hydrogen-bond acceptors (Lipinski definition) is 4. The highest BCUT2D eigenvalue weighted by Crippen LogP contribution is 2.29. The fourth-order valence-corrected chi connectivity index (χ4v) is 4.21. The number of rotatable bonds is 19. The average Bonchev–Trinajstić information content (AvgIpc) is 2.86. The van der Waals surface area contributed by atoms with Crippen molar-refractivity contribution in [2.45, 2.75) is 96.8 Å². The molecule has 0 heterocycles. The standard InChI is InChI=1S/C31H44O4/c1-2-3-4-5-6-7-8-9-10-11-12-13-14-15-25-35-30-18-16-17-28(33)31(30)29(34)24-21-26-19-22-27(32)23-20-26/h16-24,32-33H,2-15,25H2,1H3/b24-21+. The number of benzene rings is 2. The van der Waals surface area contributed by atoms with Crippen LogP contribution in [0.1, 0.15) is 113 Å². The SMILES string of the molecule is CCCCCCCCCCCCCCCCOc1cccc(O)c1C(=O)/C=C/c1ccc(O)cc1. The number of ether oxygens (including phenoxy) is 1. The lowest BCUT2D eigenvalue weighted by Gasteiger charge is -2.11. The third kappa shape index (κ3) is 12.0. The Morgan fingerprint density at radius 3 is 1.86 bits per heavy atom. The summed E-state index contributed by atoms with van der Waals surface area (Å²) in [6, 6.07) is 11.5. The van der Waals surface area contributed by atoms with E-state index in [4.69, 9.17) is 4.74 Å². The smallest absolute Gasteiger partial charge is 0.193 e. The van der Waals surface area contributed by atoms with E-state index in [1.165, 1.54) is 89.2 Å². The minimum Gasteiger partial charge on any atom is -0.508 e. The van der Waals surface area contributed by atoms with Gasteiger partial charge in [0.25, 0.3) is 0 Å². The van der Waals surface area contributed by atoms with Crippen molar-refractivity contribution in [2.24, 2.45) is 0 Å². The van der Waals surface area contributed by atoms with Crippen LogP contribution in [0.5, 0.6) is 17.2 Å². The van der Waals surface area contributed by atoms with E-state index in [0.717, 1.165) is 18.4 Å². The van der Waals surface area contributed by atoms with Crippen molar-refractivity contribution in [1.82, 2.24) is 0 Å². The first-order valence-corrected chi connectivity index (χ1v) is 13.6. The zero-order chi connectivity index (χ0) is 25.1. The largest absolute Gasteiger partial charge is 0.508 e. The number of unbranched alkanes of at least 4 members (excludes halogenated alkanes) is 13. The van der Waals surface area contributed by atoms with Gasteiger partial charge in [0.1, 0.15) is 22.8 Å². The van der Waals surface area contributed by atoms with Gasteiger partial charge in [-0.15, -0.1) is 0 Å². The molecule has 4 nitrogen and oxygen atoms in total. The first-order valence-electron chi connectivity index (χ1n) is 13.6. The summed E-state index contributed by atoms with van der Waals surface area (Å²) >= 11 is 0. The summed E-state index contributed by atoms with van der Waals surface area (Å²) in [7, 11) is 0. The lowest BCUT2D eigenvalue weighted by Crippen LogP contribution is -2.04. The molecule has 0 unspecified atom stereocenters. The highest BCUT2D eigenvalue weighted by molar-refractivity contribution is 6.10. The van der Waals surface area contributed by atoms with Gasteiger partial charge in [0.15, 0.2) is 5.78 Å². The summed E-state index contributed by atoms with van der Waals surface area (Å²) in [5.74, 6) is 0.198. The Balaban J connectivity index is 1.61. The number of hydrogen-bond donors (Lipinski definition) is 2. The van der Waals surface area contributed by atoms with Crippen LogP contribution in [0.3, 0.4) is 0 Å². The summed E-state index contributed by atoms with van der Waals surface area (Å²) in [4.78, 5) is 12.7. The molecular weight excluding hydrogens is 436 g/mol. The Morgan fingerprint density at radius 2 is 1.29 bits per heavy atom. The third-order valence-corrected chi connectivity index (χ3v) is 6.33. The number of allylic oxidation sites excluding steroid dienone is 1. The van der Waals surface area contributed by atoms with Crippen LogP contribution in [-0.4, -0.2) is 22.6 Å². The number of aromatic hydroxyl groups is 2. The van der Waals surface area contributed by atoms with Gasteiger partial charge in [0.05, 0.1) is 6.61 Å². The number of phenolic OH excluding ortho intramolecular Hbond substituents is 2. The van der Waals surface area contributed by atoms with E-state index in [0.29, 0.717) is 12.4 Å². The van der Waals surface area contributed by atoms with Gasteiger partial charge in [-0.25, -0.2) is 0 Å². The second-order valence-corrected chi connectivity index (χ2v) is 9.38. The molecule has 0 spiro atoms. The van der Waals surface area contributed by atoms with E-state index in [1.807, 2.05) is 0 Å². The van der Waals surface area contributed by atoms with Gasteiger partial charge in [-0.05, 0) is 42.3 Å². The summed E-state index contributed by atoms with van der Waals surface area (Å²) in [5.41, 5.74) is 0.976. The first-order chi connectivity index (χ1) is 17.1. The molecule has 0 atom stereocenters. The van der Waals surface area contributed by atoms with Gasteiger partial charge in [-0.2, -0.15) is 0 Å². The van der Waals surface area contributed by atoms with Gasteiger partial charge >= 0.3 is 0 Å². The van der Waals surface area contributed by atoms with Crippen molar-refractivity contribution >= 4 is 11.9 Å². The van der Waals surface area contributed by atoms with Crippen molar-refractivity contribution in [3.05, 3.63) is 59.7 Å². The lowest BCUT2D eigenvalue weighted by molar-refractivity contribution is 0.104. The predicted octanol–water partition coefficient (Wildman–Crippen LogP) is 8.85. The monoisotopic (exact) mass is 480 g/mol. The quantitative estimate of drug-likeness (QED) is 0.120. The molecule has 2 aromatic carbocycles. The molecule has 0 amide bonds. The summed E-state index contributed by atoms with van der Waals surface area (Å²) in [6.45, 7) is 2.80. The second kappa shape index (κ2) is 17.7. The fraction of sp³-hybridized carbons (Fsp3) is 0.516. The van der Waals surface area contributed by atoms with E-state index in [1.54, 1.807) is 42.5 Å². The van der Waals surface area contributed by atoms with E-state index >= 15 is 0 Å². The molecule has 35 heavy (non-hydrogen) atoms. The van der Waals surface area contributed by atoms with Crippen molar-refractivity contribution in [3.8, 4) is 17.2 Å². The molecule has 0 aliphatic heterocycles. The molecule has 0 saturated carbocycles. The maximum absolute atomic E-state index is 12.7. The average molecular weight is 481 g/mol. The summed E-state index contributed by atoms with van der Waals surface area (Å²) < 4.78 is 5.87. The number of phenols is 2. The molecule has 2 N–H and O–H groups in total. The van der Waals surface area contributed by atoms with Crippen molar-refractivity contribution in [2.75, 3.05) is 6.61 Å². The molecule has 0 radical (unpaired) electrons. The molecule has 2 rings (SSSR count). The van der Waals surface area contributed by atoms with Crippen LogP contribution in [0, 0.1) is 0 Å². The Labute approximate surface area is 212 Å². The molecule has 0 aromatic heterocycles. The molecule has 0 bridgehead atoms. The van der Waals surface area contributed by atoms with Crippen LogP contribution in [-0.2, 0) is 0 Å². The third-order valence-electron chi connectivity index (χ3n) is 6.33. The predicted molar refractivity (Wildman–Crippen MR) is 145 cm³/mol. The Kier molecular flexibility index (Phi) is 14.4. The molecule has 0 aliphatic carbocycles. The van der Waals surface area contributed by atoms with Gasteiger partial charge < -0.3 is 14.9 Å². The topological polar surface area (TPSA) is 66.8 Å². The van der Waals surface area contributed by atoms with Crippen LogP contribution in [0.4, 0.5) is 0 Å². The van der Waals surface area contributed by atoms with Crippen molar-refractivity contribution in [1.29, 1.82) is 0 Å². The van der Waals surface area contributed by atoms with E-state index < -0.39 is 0 Å². The number of carbonyl (C=O) groups is 1. The second-order valence-electron chi connectivity index (χ2n) is 9.38. The maximum atomic E-state index is 12.7. The Bertz CT molecular complexity index is 870. The van der Waals surface area contributed by atoms with E-state index in [-0.39, 0.29) is 22.8 Å². The normalized spacial score (nSPS) is 11.2. The van der Waals surface area contributed by atoms with Crippen LogP contribution in [0.25, 0.3) is 6.08 Å². The minimum absolute atomic E-state index is 0.0798. The molecule has 4 heteroatoms. The van der Waals surface area contributed by atoms with E-state index in [2.05, 4.69) is 6.92 Å². The number of carbonyl (C=O) groups excluding carboxylic acids is 1. The molecule has 0 aliphatic rings. The van der Waals surface area contributed by atoms with Crippen LogP contribution in [0.2, 0.25) is 0 Å². The van der Waals surface area contributed by atoms with Crippen molar-refractivity contribution in [3.63, 3.8) is 0 Å². The van der Waals surface area contributed by atoms with Gasteiger partial charge in [0.2, 0.25) is 0 Å². The molecular formula is C31H44O4. The summed E-state index contributed by atoms with van der Waals surface area (Å²) in [6.07, 6.45) is 21.3. The van der Waals surface area contributed by atoms with Crippen LogP contribution in [0.15, 0.2) is 48.5 Å². The number of ketones is 1. The first kappa shape index (κ1) is 28.5. The zero-order valence-corrected chi connectivity index (χ0v) is 21.5. The Hall–Kier alpha value is -2.75. The highest BCUT2D eigenvalue weighted by atomic mass is 16.5. The minimum atomic E-state index is -0.313. The maximum Gasteiger partial charge on any atom is 0.193 e. The zero-order valence-electron chi connectivity index (χ0n) is 21.5. The van der Waals surface area contributed by atoms with E-state index in [9.17, 15) is 15.0 Å². The van der Waals surface area contributed by atoms with Crippen LogP contribution < -0.4 is 4.74 Å². The molecule has 0 saturated heterocycles. The van der Waals surface area contributed by atoms with Gasteiger partial charge in [0, 0.05) is 0 Å². The highest BCUT2D eigenvalue weighted by Gasteiger charge is 2.15. The van der Waals surface area contributed by atoms with Gasteiger partial charge in [-0.3, -0.25) is 4.79 Å². The Morgan fingerprint density at radius 1 is 0.743 bits per heavy atom.